The number of benzene rings is 1. The SMILES string of the molecule is Cc1ncsc1C(=O)NCc1c(F)cccc1Cl. The van der Waals surface area contributed by atoms with Crippen molar-refractivity contribution in [2.45, 2.75) is 13.5 Å². The largest absolute Gasteiger partial charge is 0.347 e. The van der Waals surface area contributed by atoms with Crippen molar-refractivity contribution < 1.29 is 9.18 Å². The van der Waals surface area contributed by atoms with Crippen molar-refractivity contribution in [2.24, 2.45) is 0 Å². The molecular weight excluding hydrogens is 275 g/mol. The summed E-state index contributed by atoms with van der Waals surface area (Å²) in [4.78, 5) is 16.3. The molecule has 3 nitrogen and oxygen atoms in total. The lowest BCUT2D eigenvalue weighted by Gasteiger charge is -2.07. The highest BCUT2D eigenvalue weighted by atomic mass is 35.5. The molecule has 0 aliphatic carbocycles. The van der Waals surface area contributed by atoms with E-state index < -0.39 is 5.82 Å². The van der Waals surface area contributed by atoms with Gasteiger partial charge in [-0.2, -0.15) is 0 Å². The minimum atomic E-state index is -0.427. The van der Waals surface area contributed by atoms with Crippen molar-refractivity contribution in [1.29, 1.82) is 0 Å². The second-order valence-corrected chi connectivity index (χ2v) is 4.91. The van der Waals surface area contributed by atoms with Crippen LogP contribution in [0.4, 0.5) is 4.39 Å². The molecule has 0 aliphatic heterocycles. The van der Waals surface area contributed by atoms with Crippen LogP contribution in [0, 0.1) is 12.7 Å². The van der Waals surface area contributed by atoms with Gasteiger partial charge in [0, 0.05) is 17.1 Å². The number of aromatic nitrogens is 1. The monoisotopic (exact) mass is 284 g/mol. The zero-order valence-corrected chi connectivity index (χ0v) is 11.1. The molecule has 0 spiro atoms. The maximum Gasteiger partial charge on any atom is 0.263 e. The summed E-state index contributed by atoms with van der Waals surface area (Å²) in [5, 5.41) is 2.93. The predicted octanol–water partition coefficient (Wildman–Crippen LogP) is 3.17. The van der Waals surface area contributed by atoms with Crippen LogP contribution < -0.4 is 5.32 Å². The normalized spacial score (nSPS) is 10.4. The van der Waals surface area contributed by atoms with Crippen molar-refractivity contribution >= 4 is 28.8 Å². The van der Waals surface area contributed by atoms with Crippen LogP contribution in [0.1, 0.15) is 20.9 Å². The van der Waals surface area contributed by atoms with Gasteiger partial charge >= 0.3 is 0 Å². The molecule has 6 heteroatoms. The number of nitrogens with one attached hydrogen (secondary N) is 1. The van der Waals surface area contributed by atoms with Gasteiger partial charge in [-0.1, -0.05) is 17.7 Å². The summed E-state index contributed by atoms with van der Waals surface area (Å²) in [5.74, 6) is -0.696. The Labute approximate surface area is 113 Å². The molecule has 18 heavy (non-hydrogen) atoms. The summed E-state index contributed by atoms with van der Waals surface area (Å²) < 4.78 is 13.5. The van der Waals surface area contributed by atoms with E-state index in [0.717, 1.165) is 0 Å². The third-order valence-electron chi connectivity index (χ3n) is 2.44. The van der Waals surface area contributed by atoms with Crippen molar-refractivity contribution in [3.05, 3.63) is 50.7 Å². The number of rotatable bonds is 3. The Morgan fingerprint density at radius 3 is 2.94 bits per heavy atom. The van der Waals surface area contributed by atoms with Crippen LogP contribution in [0.25, 0.3) is 0 Å². The number of amides is 1. The molecule has 0 fully saturated rings. The molecule has 0 atom stereocenters. The van der Waals surface area contributed by atoms with Gasteiger partial charge in [0.2, 0.25) is 0 Å². The minimum absolute atomic E-state index is 0.0572. The fraction of sp³-hybridized carbons (Fsp3) is 0.167. The van der Waals surface area contributed by atoms with Crippen LogP contribution in [0.3, 0.4) is 0 Å². The first-order valence-electron chi connectivity index (χ1n) is 5.20. The highest BCUT2D eigenvalue weighted by Gasteiger charge is 2.13. The van der Waals surface area contributed by atoms with Crippen molar-refractivity contribution in [1.82, 2.24) is 10.3 Å². The van der Waals surface area contributed by atoms with Gasteiger partial charge in [0.1, 0.15) is 10.7 Å². The van der Waals surface area contributed by atoms with Crippen LogP contribution in [0.5, 0.6) is 0 Å². The lowest BCUT2D eigenvalue weighted by atomic mass is 10.2. The average molecular weight is 285 g/mol. The van der Waals surface area contributed by atoms with E-state index in [9.17, 15) is 9.18 Å². The summed E-state index contributed by atoms with van der Waals surface area (Å²) in [6.45, 7) is 1.81. The molecule has 1 N–H and O–H groups in total. The van der Waals surface area contributed by atoms with E-state index in [0.29, 0.717) is 15.6 Å². The lowest BCUT2D eigenvalue weighted by molar-refractivity contribution is 0.0954. The van der Waals surface area contributed by atoms with Crippen LogP contribution >= 0.6 is 22.9 Å². The zero-order chi connectivity index (χ0) is 13.1. The quantitative estimate of drug-likeness (QED) is 0.940. The first-order chi connectivity index (χ1) is 8.59. The number of carbonyl (C=O) groups is 1. The zero-order valence-electron chi connectivity index (χ0n) is 9.54. The Morgan fingerprint density at radius 2 is 2.33 bits per heavy atom. The topological polar surface area (TPSA) is 42.0 Å². The van der Waals surface area contributed by atoms with E-state index in [1.54, 1.807) is 18.5 Å². The highest BCUT2D eigenvalue weighted by Crippen LogP contribution is 2.19. The van der Waals surface area contributed by atoms with Crippen molar-refractivity contribution in [2.75, 3.05) is 0 Å². The van der Waals surface area contributed by atoms with Gasteiger partial charge in [0.05, 0.1) is 11.2 Å². The number of carbonyl (C=O) groups excluding carboxylic acids is 1. The Hall–Kier alpha value is -1.46. The molecule has 2 rings (SSSR count). The average Bonchev–Trinajstić information content (AvgIpc) is 2.74. The maximum absolute atomic E-state index is 13.5. The molecule has 1 amide bonds. The number of nitrogens with zero attached hydrogens (tertiary/aromatic N) is 1. The summed E-state index contributed by atoms with van der Waals surface area (Å²) >= 11 is 7.12. The molecule has 0 unspecified atom stereocenters. The van der Waals surface area contributed by atoms with E-state index in [2.05, 4.69) is 10.3 Å². The summed E-state index contributed by atoms with van der Waals surface area (Å²) in [6.07, 6.45) is 0. The van der Waals surface area contributed by atoms with Crippen LogP contribution in [0.2, 0.25) is 5.02 Å². The Balaban J connectivity index is 2.09. The van der Waals surface area contributed by atoms with Crippen molar-refractivity contribution in [3.8, 4) is 0 Å². The van der Waals surface area contributed by atoms with Gasteiger partial charge in [-0.05, 0) is 19.1 Å². The van der Waals surface area contributed by atoms with E-state index in [4.69, 9.17) is 11.6 Å². The van der Waals surface area contributed by atoms with Crippen LogP contribution in [-0.2, 0) is 6.54 Å². The smallest absolute Gasteiger partial charge is 0.263 e. The molecule has 2 aromatic rings. The number of hydrogen-bond acceptors (Lipinski definition) is 3. The van der Waals surface area contributed by atoms with E-state index in [1.807, 2.05) is 0 Å². The summed E-state index contributed by atoms with van der Waals surface area (Å²) in [6, 6.07) is 4.42. The first-order valence-corrected chi connectivity index (χ1v) is 6.46. The van der Waals surface area contributed by atoms with Crippen LogP contribution in [0.15, 0.2) is 23.7 Å². The molecule has 1 heterocycles. The molecule has 1 aromatic carbocycles. The Bertz CT molecular complexity index is 565. The first kappa shape index (κ1) is 13.0. The molecular formula is C12H10ClFN2OS. The minimum Gasteiger partial charge on any atom is -0.347 e. The van der Waals surface area contributed by atoms with Gasteiger partial charge < -0.3 is 5.32 Å². The Kier molecular flexibility index (Phi) is 3.93. The van der Waals surface area contributed by atoms with Gasteiger partial charge in [0.25, 0.3) is 5.91 Å². The van der Waals surface area contributed by atoms with Gasteiger partial charge in [-0.25, -0.2) is 9.37 Å². The summed E-state index contributed by atoms with van der Waals surface area (Å²) in [5.41, 5.74) is 2.55. The fourth-order valence-electron chi connectivity index (χ4n) is 1.47. The molecule has 0 saturated heterocycles. The Morgan fingerprint density at radius 1 is 1.56 bits per heavy atom. The molecule has 94 valence electrons. The second kappa shape index (κ2) is 5.46. The molecule has 0 radical (unpaired) electrons. The predicted molar refractivity (Wildman–Crippen MR) is 69.4 cm³/mol. The maximum atomic E-state index is 13.5. The molecule has 1 aromatic heterocycles. The van der Waals surface area contributed by atoms with Crippen molar-refractivity contribution in [3.63, 3.8) is 0 Å². The number of thiazole rings is 1. The molecule has 0 aliphatic rings. The molecule has 0 saturated carbocycles. The number of halogens is 2. The lowest BCUT2D eigenvalue weighted by Crippen LogP contribution is -2.23. The van der Waals surface area contributed by atoms with E-state index >= 15 is 0 Å². The standard InChI is InChI=1S/C12H10ClFN2OS/c1-7-11(18-6-16-7)12(17)15-5-8-9(13)3-2-4-10(8)14/h2-4,6H,5H2,1H3,(H,15,17). The number of aryl methyl sites for hydroxylation is 1. The van der Waals surface area contributed by atoms with Gasteiger partial charge in [-0.3, -0.25) is 4.79 Å². The second-order valence-electron chi connectivity index (χ2n) is 3.65. The van der Waals surface area contributed by atoms with Crippen LogP contribution in [-0.4, -0.2) is 10.9 Å². The highest BCUT2D eigenvalue weighted by molar-refractivity contribution is 7.11. The van der Waals surface area contributed by atoms with Gasteiger partial charge in [-0.15, -0.1) is 11.3 Å². The summed E-state index contributed by atoms with van der Waals surface area (Å²) in [7, 11) is 0. The number of hydrogen-bond donors (Lipinski definition) is 1. The third-order valence-corrected chi connectivity index (χ3v) is 3.72. The van der Waals surface area contributed by atoms with Gasteiger partial charge in [0.15, 0.2) is 0 Å². The van der Waals surface area contributed by atoms with E-state index in [-0.39, 0.29) is 18.0 Å². The molecule has 0 bridgehead atoms. The van der Waals surface area contributed by atoms with E-state index in [1.165, 1.54) is 23.5 Å². The fourth-order valence-corrected chi connectivity index (χ4v) is 2.42. The third kappa shape index (κ3) is 2.68.